The fraction of sp³-hybridized carbons (Fsp3) is 0.200. The van der Waals surface area contributed by atoms with Gasteiger partial charge in [-0.3, -0.25) is 10.1 Å². The molecule has 1 amide bonds. The van der Waals surface area contributed by atoms with Gasteiger partial charge >= 0.3 is 0 Å². The maximum absolute atomic E-state index is 12.6. The molecule has 11 heteroatoms. The van der Waals surface area contributed by atoms with Crippen LogP contribution < -0.4 is 5.32 Å². The Kier molecular flexibility index (Phi) is 6.74. The van der Waals surface area contributed by atoms with E-state index in [-0.39, 0.29) is 21.6 Å². The summed E-state index contributed by atoms with van der Waals surface area (Å²) in [5.41, 5.74) is 3.36. The first kappa shape index (κ1) is 22.9. The van der Waals surface area contributed by atoms with Crippen LogP contribution in [0.1, 0.15) is 23.9 Å². The van der Waals surface area contributed by atoms with Crippen LogP contribution in [0.4, 0.5) is 5.13 Å². The molecule has 1 aromatic carbocycles. The first-order valence-electron chi connectivity index (χ1n) is 9.10. The number of hydrogen-bond acceptors (Lipinski definition) is 7. The van der Waals surface area contributed by atoms with Gasteiger partial charge in [0.2, 0.25) is 15.0 Å². The number of benzene rings is 1. The molecule has 31 heavy (non-hydrogen) atoms. The Hall–Kier alpha value is -2.81. The van der Waals surface area contributed by atoms with Gasteiger partial charge in [0.1, 0.15) is 11.6 Å². The monoisotopic (exact) mass is 519 g/mol. The van der Waals surface area contributed by atoms with Gasteiger partial charge in [-0.1, -0.05) is 22.9 Å². The van der Waals surface area contributed by atoms with Gasteiger partial charge in [-0.25, -0.2) is 8.42 Å². The summed E-state index contributed by atoms with van der Waals surface area (Å²) in [6.45, 7) is 5.33. The van der Waals surface area contributed by atoms with Crippen LogP contribution in [0.25, 0.3) is 11.8 Å². The summed E-state index contributed by atoms with van der Waals surface area (Å²) in [6.07, 6.45) is 1.50. The first-order valence-corrected chi connectivity index (χ1v) is 12.3. The van der Waals surface area contributed by atoms with E-state index in [1.807, 2.05) is 54.8 Å². The van der Waals surface area contributed by atoms with Gasteiger partial charge in [0.25, 0.3) is 11.1 Å². The van der Waals surface area contributed by atoms with Gasteiger partial charge in [0.15, 0.2) is 0 Å². The van der Waals surface area contributed by atoms with Crippen molar-refractivity contribution in [2.24, 2.45) is 0 Å². The summed E-state index contributed by atoms with van der Waals surface area (Å²) in [5.74, 6) is -0.832. The second-order valence-corrected chi connectivity index (χ2v) is 10.4. The normalized spacial score (nSPS) is 11.9. The van der Waals surface area contributed by atoms with Crippen LogP contribution in [0, 0.1) is 25.2 Å². The van der Waals surface area contributed by atoms with E-state index in [0.29, 0.717) is 0 Å². The quantitative estimate of drug-likeness (QED) is 0.387. The Balaban J connectivity index is 1.88. The van der Waals surface area contributed by atoms with Crippen LogP contribution in [-0.4, -0.2) is 34.0 Å². The Morgan fingerprint density at radius 3 is 2.61 bits per heavy atom. The average Bonchev–Trinajstić information content (AvgIpc) is 3.31. The molecule has 0 atom stereocenters. The average molecular weight is 520 g/mol. The van der Waals surface area contributed by atoms with Crippen molar-refractivity contribution < 1.29 is 13.2 Å². The molecule has 0 saturated carbocycles. The number of amides is 1. The van der Waals surface area contributed by atoms with Gasteiger partial charge in [0.05, 0.1) is 5.75 Å². The number of halogens is 1. The largest absolute Gasteiger partial charge is 0.318 e. The highest BCUT2D eigenvalue weighted by Crippen LogP contribution is 2.24. The first-order chi connectivity index (χ1) is 14.7. The highest BCUT2D eigenvalue weighted by atomic mass is 79.9. The molecule has 0 fully saturated rings. The van der Waals surface area contributed by atoms with Crippen LogP contribution >= 0.6 is 27.5 Å². The van der Waals surface area contributed by atoms with Crippen LogP contribution in [0.15, 0.2) is 45.5 Å². The molecular formula is C20H18BrN5O3S2. The van der Waals surface area contributed by atoms with Crippen molar-refractivity contribution in [3.63, 3.8) is 0 Å². The SMILES string of the molecule is CCS(=O)(=O)c1nsc(NC(=O)C(C#N)=Cc2cc(C)n(-c3ccc(Br)cc3)c2C)n1. The number of nitriles is 1. The molecule has 0 unspecified atom stereocenters. The van der Waals surface area contributed by atoms with Gasteiger partial charge in [0, 0.05) is 33.1 Å². The third-order valence-electron chi connectivity index (χ3n) is 4.51. The second kappa shape index (κ2) is 9.13. The number of sulfone groups is 1. The second-order valence-electron chi connectivity index (χ2n) is 6.55. The number of aromatic nitrogens is 3. The van der Waals surface area contributed by atoms with E-state index in [1.54, 1.807) is 0 Å². The predicted octanol–water partition coefficient (Wildman–Crippen LogP) is 4.05. The number of carbonyl (C=O) groups is 1. The van der Waals surface area contributed by atoms with E-state index in [9.17, 15) is 18.5 Å². The smallest absolute Gasteiger partial charge is 0.268 e. The van der Waals surface area contributed by atoms with Crippen molar-refractivity contribution in [2.75, 3.05) is 11.1 Å². The number of rotatable bonds is 6. The molecule has 8 nitrogen and oxygen atoms in total. The number of nitrogens with one attached hydrogen (secondary N) is 1. The van der Waals surface area contributed by atoms with Crippen LogP contribution in [0.5, 0.6) is 0 Å². The minimum atomic E-state index is -3.57. The standard InChI is InChI=1S/C20H18BrN5O3S2/c1-4-31(28,29)20-24-19(30-25-20)23-18(27)15(11-22)10-14-9-12(2)26(13(14)3)17-7-5-16(21)6-8-17/h5-10H,4H2,1-3H3,(H,23,24,25,27). The minimum Gasteiger partial charge on any atom is -0.318 e. The lowest BCUT2D eigenvalue weighted by atomic mass is 10.1. The van der Waals surface area contributed by atoms with E-state index in [0.717, 1.165) is 38.6 Å². The highest BCUT2D eigenvalue weighted by molar-refractivity contribution is 9.10. The van der Waals surface area contributed by atoms with Crippen molar-refractivity contribution in [1.82, 2.24) is 13.9 Å². The van der Waals surface area contributed by atoms with Gasteiger partial charge in [-0.2, -0.15) is 14.6 Å². The minimum absolute atomic E-state index is 0.0125. The van der Waals surface area contributed by atoms with Gasteiger partial charge < -0.3 is 4.57 Å². The fourth-order valence-electron chi connectivity index (χ4n) is 2.91. The maximum Gasteiger partial charge on any atom is 0.268 e. The van der Waals surface area contributed by atoms with Crippen LogP contribution in [0.3, 0.4) is 0 Å². The molecule has 0 saturated heterocycles. The van der Waals surface area contributed by atoms with E-state index < -0.39 is 15.7 Å². The predicted molar refractivity (Wildman–Crippen MR) is 123 cm³/mol. The molecule has 2 heterocycles. The number of hydrogen-bond donors (Lipinski definition) is 1. The zero-order valence-electron chi connectivity index (χ0n) is 16.9. The van der Waals surface area contributed by atoms with Crippen molar-refractivity contribution >= 4 is 54.4 Å². The van der Waals surface area contributed by atoms with E-state index in [1.165, 1.54) is 13.0 Å². The number of carbonyl (C=O) groups excluding carboxylic acids is 1. The van der Waals surface area contributed by atoms with Gasteiger partial charge in [-0.15, -0.1) is 0 Å². The number of anilines is 1. The lowest BCUT2D eigenvalue weighted by Crippen LogP contribution is -2.14. The zero-order chi connectivity index (χ0) is 22.8. The molecular weight excluding hydrogens is 502 g/mol. The van der Waals surface area contributed by atoms with Gasteiger partial charge in [-0.05, 0) is 55.8 Å². The third kappa shape index (κ3) is 4.92. The molecule has 0 aliphatic carbocycles. The number of aryl methyl sites for hydroxylation is 1. The Bertz CT molecular complexity index is 1320. The van der Waals surface area contributed by atoms with E-state index >= 15 is 0 Å². The fourth-order valence-corrected chi connectivity index (χ4v) is 4.75. The van der Waals surface area contributed by atoms with Crippen molar-refractivity contribution in [2.45, 2.75) is 25.9 Å². The molecule has 3 aromatic rings. The van der Waals surface area contributed by atoms with E-state index in [4.69, 9.17) is 0 Å². The molecule has 0 aliphatic heterocycles. The van der Waals surface area contributed by atoms with Crippen molar-refractivity contribution in [1.29, 1.82) is 5.26 Å². The molecule has 1 N–H and O–H groups in total. The molecule has 2 aromatic heterocycles. The lowest BCUT2D eigenvalue weighted by Gasteiger charge is -2.09. The Labute approximate surface area is 192 Å². The number of nitrogens with zero attached hydrogens (tertiary/aromatic N) is 4. The van der Waals surface area contributed by atoms with Crippen LogP contribution in [0.2, 0.25) is 0 Å². The summed E-state index contributed by atoms with van der Waals surface area (Å²) in [5, 5.41) is 11.6. The Morgan fingerprint density at radius 2 is 2.00 bits per heavy atom. The molecule has 0 spiro atoms. The van der Waals surface area contributed by atoms with E-state index in [2.05, 4.69) is 30.6 Å². The van der Waals surface area contributed by atoms with Crippen LogP contribution in [-0.2, 0) is 14.6 Å². The molecule has 0 aliphatic rings. The summed E-state index contributed by atoms with van der Waals surface area (Å²) >= 11 is 4.17. The maximum atomic E-state index is 12.6. The molecule has 3 rings (SSSR count). The molecule has 0 radical (unpaired) electrons. The topological polar surface area (TPSA) is 118 Å². The zero-order valence-corrected chi connectivity index (χ0v) is 20.1. The highest BCUT2D eigenvalue weighted by Gasteiger charge is 2.20. The summed E-state index contributed by atoms with van der Waals surface area (Å²) in [6, 6.07) is 11.6. The van der Waals surface area contributed by atoms with Crippen molar-refractivity contribution in [3.8, 4) is 11.8 Å². The third-order valence-corrected chi connectivity index (χ3v) is 7.28. The summed E-state index contributed by atoms with van der Waals surface area (Å²) in [4.78, 5) is 16.4. The summed E-state index contributed by atoms with van der Waals surface area (Å²) < 4.78 is 30.4. The molecule has 0 bridgehead atoms. The lowest BCUT2D eigenvalue weighted by molar-refractivity contribution is -0.112. The Morgan fingerprint density at radius 1 is 1.32 bits per heavy atom. The van der Waals surface area contributed by atoms with Crippen molar-refractivity contribution in [3.05, 3.63) is 57.3 Å². The summed E-state index contributed by atoms with van der Waals surface area (Å²) in [7, 11) is -3.57. The molecule has 160 valence electrons.